The van der Waals surface area contributed by atoms with E-state index in [9.17, 15) is 0 Å². The van der Waals surface area contributed by atoms with Gasteiger partial charge in [0.25, 0.3) is 0 Å². The molecule has 44 valence electrons. The molecule has 0 aromatic rings. The second kappa shape index (κ2) is 22.8. The summed E-state index contributed by atoms with van der Waals surface area (Å²) in [4.78, 5) is 8.56. The van der Waals surface area contributed by atoms with Crippen LogP contribution in [0.15, 0.2) is 0 Å². The summed E-state index contributed by atoms with van der Waals surface area (Å²) in [7, 11) is 0. The first-order valence-corrected chi connectivity index (χ1v) is 0.651. The molecule has 0 radical (unpaired) electrons. The van der Waals surface area contributed by atoms with E-state index in [1.54, 1.807) is 0 Å². The molecule has 0 aromatic heterocycles. The van der Waals surface area contributed by atoms with Crippen LogP contribution >= 0.6 is 12.4 Å². The van der Waals surface area contributed by atoms with E-state index in [0.29, 0.717) is 0 Å². The number of hydrogen-bond acceptors (Lipinski definition) is 1. The SMILES string of the molecule is Cl.O=C(O)O.[Ca+2].[H-].[H-].[H-].[H-].[H-].[H-].[Mg+2].[Mg+2]. The normalized spacial score (nSPS) is 3.00. The third kappa shape index (κ3) is 81.6. The van der Waals surface area contributed by atoms with Gasteiger partial charge in [-0.25, -0.2) is 4.79 Å². The molecule has 0 aliphatic carbocycles. The third-order valence-electron chi connectivity index (χ3n) is 0. The Hall–Kier alpha value is 2.35. The first-order chi connectivity index (χ1) is 1.73. The molecule has 0 rings (SSSR count). The number of halogens is 1. The molecule has 0 heterocycles. The summed E-state index contributed by atoms with van der Waals surface area (Å²) in [6.07, 6.45) is -1.83. The minimum atomic E-state index is -1.83. The smallest absolute Gasteiger partial charge is 1.00 e. The molecule has 8 heavy (non-hydrogen) atoms. The van der Waals surface area contributed by atoms with Crippen molar-refractivity contribution in [2.45, 2.75) is 0 Å². The molecular formula is CH9CaClMg2O3. The number of hydrogen-bond donors (Lipinski definition) is 2. The van der Waals surface area contributed by atoms with Crippen LogP contribution in [0, 0.1) is 0 Å². The summed E-state index contributed by atoms with van der Waals surface area (Å²) in [5, 5.41) is 13.9. The largest absolute Gasteiger partial charge is 2.00 e. The fourth-order valence-corrected chi connectivity index (χ4v) is 0. The van der Waals surface area contributed by atoms with Crippen molar-refractivity contribution in [3.8, 4) is 0 Å². The Morgan fingerprint density at radius 2 is 1.25 bits per heavy atom. The molecule has 0 unspecified atom stereocenters. The van der Waals surface area contributed by atoms with Gasteiger partial charge in [-0.1, -0.05) is 0 Å². The first-order valence-electron chi connectivity index (χ1n) is 0.651. The second-order valence-electron chi connectivity index (χ2n) is 0.283. The van der Waals surface area contributed by atoms with Crippen molar-refractivity contribution in [2.24, 2.45) is 0 Å². The van der Waals surface area contributed by atoms with Crippen LogP contribution in [0.2, 0.25) is 0 Å². The summed E-state index contributed by atoms with van der Waals surface area (Å²) < 4.78 is 0. The molecular weight excluding hydrogens is 184 g/mol. The Bertz CT molecular complexity index is 54.1. The van der Waals surface area contributed by atoms with Gasteiger partial charge < -0.3 is 18.8 Å². The summed E-state index contributed by atoms with van der Waals surface area (Å²) >= 11 is 0. The van der Waals surface area contributed by atoms with E-state index in [1.165, 1.54) is 0 Å². The maximum Gasteiger partial charge on any atom is 2.00 e. The Kier molecular flexibility index (Phi) is 90.0. The van der Waals surface area contributed by atoms with Crippen molar-refractivity contribution in [1.82, 2.24) is 0 Å². The zero-order valence-electron chi connectivity index (χ0n) is 10.3. The Morgan fingerprint density at radius 1 is 1.25 bits per heavy atom. The minimum Gasteiger partial charge on any atom is -1.00 e. The van der Waals surface area contributed by atoms with Crippen LogP contribution in [0.25, 0.3) is 0 Å². The predicted octanol–water partition coefficient (Wildman–Crippen LogP) is 0.177. The zero-order chi connectivity index (χ0) is 3.58. The maximum atomic E-state index is 8.56. The van der Waals surface area contributed by atoms with Crippen LogP contribution in [0.5, 0.6) is 0 Å². The molecule has 0 bridgehead atoms. The standard InChI is InChI=1S/CH2O3.Ca.ClH.2Mg.6H/c2-1(3)4;;;;;;;;;;/h(H2,2,3,4);;1H;;;;;;;;/q;+2;;2*+2;6*-1. The van der Waals surface area contributed by atoms with Gasteiger partial charge in [-0.15, -0.1) is 12.4 Å². The van der Waals surface area contributed by atoms with Gasteiger partial charge in [-0.05, 0) is 0 Å². The minimum absolute atomic E-state index is 0. The number of rotatable bonds is 0. The van der Waals surface area contributed by atoms with Gasteiger partial charge in [0.1, 0.15) is 0 Å². The van der Waals surface area contributed by atoms with Crippen molar-refractivity contribution >= 4 is 102 Å². The fraction of sp³-hybridized carbons (Fsp3) is 0. The van der Waals surface area contributed by atoms with Crippen molar-refractivity contribution in [3.05, 3.63) is 0 Å². The molecule has 7 heteroatoms. The van der Waals surface area contributed by atoms with Crippen LogP contribution in [-0.2, 0) is 0 Å². The predicted molar refractivity (Wildman–Crippen MR) is 41.8 cm³/mol. The zero-order valence-corrected chi connectivity index (χ0v) is 10.2. The molecule has 0 aliphatic heterocycles. The van der Waals surface area contributed by atoms with Gasteiger partial charge in [-0.3, -0.25) is 0 Å². The number of carbonyl (C=O) groups is 1. The first kappa shape index (κ1) is 31.6. The summed E-state index contributed by atoms with van der Waals surface area (Å²) in [6, 6.07) is 0. The monoisotopic (exact) mass is 192 g/mol. The van der Waals surface area contributed by atoms with Crippen LogP contribution in [-0.4, -0.2) is 100 Å². The third-order valence-corrected chi connectivity index (χ3v) is 0. The second-order valence-corrected chi connectivity index (χ2v) is 0.283. The van der Waals surface area contributed by atoms with E-state index in [4.69, 9.17) is 15.0 Å². The molecule has 3 nitrogen and oxygen atoms in total. The Morgan fingerprint density at radius 3 is 1.25 bits per heavy atom. The molecule has 0 atom stereocenters. The van der Waals surface area contributed by atoms with E-state index in [0.717, 1.165) is 0 Å². The van der Waals surface area contributed by atoms with Gasteiger partial charge in [0.2, 0.25) is 0 Å². The van der Waals surface area contributed by atoms with Crippen LogP contribution in [0.1, 0.15) is 8.56 Å². The van der Waals surface area contributed by atoms with Gasteiger partial charge in [0, 0.05) is 0 Å². The Labute approximate surface area is 124 Å². The van der Waals surface area contributed by atoms with Crippen molar-refractivity contribution < 1.29 is 23.6 Å². The average molecular weight is 193 g/mol. The van der Waals surface area contributed by atoms with Crippen LogP contribution < -0.4 is 0 Å². The molecule has 2 N–H and O–H groups in total. The molecule has 0 saturated heterocycles. The van der Waals surface area contributed by atoms with Crippen LogP contribution in [0.3, 0.4) is 0 Å². The van der Waals surface area contributed by atoms with Crippen molar-refractivity contribution in [3.63, 3.8) is 0 Å². The van der Waals surface area contributed by atoms with Gasteiger partial charge >= 0.3 is 90.0 Å². The maximum absolute atomic E-state index is 8.56. The van der Waals surface area contributed by atoms with E-state index < -0.39 is 6.16 Å². The van der Waals surface area contributed by atoms with Gasteiger partial charge in [-0.2, -0.15) is 0 Å². The van der Waals surface area contributed by atoms with Gasteiger partial charge in [0.05, 0.1) is 0 Å². The van der Waals surface area contributed by atoms with Crippen molar-refractivity contribution in [1.29, 1.82) is 0 Å². The molecule has 0 saturated carbocycles. The molecule has 0 aromatic carbocycles. The van der Waals surface area contributed by atoms with Crippen molar-refractivity contribution in [2.75, 3.05) is 0 Å². The molecule has 0 fully saturated rings. The van der Waals surface area contributed by atoms with Gasteiger partial charge in [0.15, 0.2) is 0 Å². The molecule has 0 amide bonds. The van der Waals surface area contributed by atoms with E-state index in [1.807, 2.05) is 0 Å². The molecule has 0 spiro atoms. The van der Waals surface area contributed by atoms with E-state index in [2.05, 4.69) is 0 Å². The Balaban J connectivity index is -0.000000001000. The summed E-state index contributed by atoms with van der Waals surface area (Å²) in [5.41, 5.74) is 0. The van der Waals surface area contributed by atoms with Crippen LogP contribution in [0.4, 0.5) is 4.79 Å². The number of carboxylic acid groups (broad SMARTS) is 2. The summed E-state index contributed by atoms with van der Waals surface area (Å²) in [6.45, 7) is 0. The molecule has 0 aliphatic rings. The van der Waals surface area contributed by atoms with E-state index >= 15 is 0 Å². The fourth-order valence-electron chi connectivity index (χ4n) is 0. The summed E-state index contributed by atoms with van der Waals surface area (Å²) in [5.74, 6) is 0. The average Bonchev–Trinajstić information content (AvgIpc) is 0.811. The topological polar surface area (TPSA) is 57.5 Å². The quantitative estimate of drug-likeness (QED) is 0.539. The van der Waals surface area contributed by atoms with E-state index in [-0.39, 0.29) is 105 Å².